The van der Waals surface area contributed by atoms with Crippen LogP contribution in [0.5, 0.6) is 5.75 Å². The van der Waals surface area contributed by atoms with Gasteiger partial charge in [0.05, 0.1) is 13.3 Å². The summed E-state index contributed by atoms with van der Waals surface area (Å²) in [5, 5.41) is 6.90. The molecular formula is C20H23N5O4S. The third-order valence-corrected chi connectivity index (χ3v) is 7.06. The maximum atomic E-state index is 13.3. The fourth-order valence-corrected chi connectivity index (χ4v) is 5.26. The van der Waals surface area contributed by atoms with Crippen LogP contribution in [0.1, 0.15) is 36.0 Å². The molecule has 0 bridgehead atoms. The third-order valence-electron chi connectivity index (χ3n) is 5.14. The molecule has 30 heavy (non-hydrogen) atoms. The summed E-state index contributed by atoms with van der Waals surface area (Å²) in [4.78, 5) is 17.0. The highest BCUT2D eigenvalue weighted by Gasteiger charge is 2.29. The zero-order valence-electron chi connectivity index (χ0n) is 16.6. The molecule has 3 heterocycles. The minimum Gasteiger partial charge on any atom is -0.495 e. The van der Waals surface area contributed by atoms with Gasteiger partial charge in [-0.2, -0.15) is 13.9 Å². The summed E-state index contributed by atoms with van der Waals surface area (Å²) < 4.78 is 34.8. The van der Waals surface area contributed by atoms with E-state index in [0.717, 1.165) is 25.7 Å². The number of ether oxygens (including phenoxy) is 1. The van der Waals surface area contributed by atoms with Crippen LogP contribution in [0.3, 0.4) is 0 Å². The van der Waals surface area contributed by atoms with E-state index in [4.69, 9.17) is 4.74 Å². The van der Waals surface area contributed by atoms with Crippen molar-refractivity contribution in [2.24, 2.45) is 0 Å². The second-order valence-electron chi connectivity index (χ2n) is 7.07. The normalized spacial score (nSPS) is 15.6. The average Bonchev–Trinajstić information content (AvgIpc) is 3.07. The number of methoxy groups -OCH3 is 1. The first kappa shape index (κ1) is 20.3. The molecule has 1 amide bonds. The van der Waals surface area contributed by atoms with Crippen LogP contribution in [-0.4, -0.2) is 53.4 Å². The van der Waals surface area contributed by atoms with Gasteiger partial charge in [-0.15, -0.1) is 0 Å². The molecule has 0 atom stereocenters. The van der Waals surface area contributed by atoms with E-state index in [1.54, 1.807) is 24.5 Å². The lowest BCUT2D eigenvalue weighted by Gasteiger charge is -2.21. The van der Waals surface area contributed by atoms with Crippen molar-refractivity contribution in [2.45, 2.75) is 30.6 Å². The summed E-state index contributed by atoms with van der Waals surface area (Å²) in [6.45, 7) is 0.937. The van der Waals surface area contributed by atoms with Gasteiger partial charge < -0.3 is 10.1 Å². The minimum absolute atomic E-state index is 0.00138. The van der Waals surface area contributed by atoms with Crippen LogP contribution in [0.25, 0.3) is 5.65 Å². The summed E-state index contributed by atoms with van der Waals surface area (Å²) >= 11 is 0. The topological polar surface area (TPSA) is 106 Å². The van der Waals surface area contributed by atoms with E-state index in [-0.39, 0.29) is 16.2 Å². The van der Waals surface area contributed by atoms with Crippen LogP contribution in [0.4, 0.5) is 5.82 Å². The molecule has 1 N–H and O–H groups in total. The summed E-state index contributed by atoms with van der Waals surface area (Å²) in [5.41, 5.74) is 0.799. The van der Waals surface area contributed by atoms with E-state index in [1.165, 1.54) is 34.1 Å². The SMILES string of the molecule is COc1ccc(C(=O)Nc2ccnc3ccnn23)cc1S(=O)(=O)N1CCCCCC1. The van der Waals surface area contributed by atoms with Crippen LogP contribution in [0, 0.1) is 0 Å². The Morgan fingerprint density at radius 3 is 2.57 bits per heavy atom. The molecule has 1 aromatic carbocycles. The van der Waals surface area contributed by atoms with Gasteiger partial charge in [0, 0.05) is 30.9 Å². The average molecular weight is 430 g/mol. The van der Waals surface area contributed by atoms with Crippen LogP contribution in [-0.2, 0) is 10.0 Å². The predicted molar refractivity (Wildman–Crippen MR) is 111 cm³/mol. The van der Waals surface area contributed by atoms with Crippen molar-refractivity contribution in [3.05, 3.63) is 48.3 Å². The Labute approximate surface area is 174 Å². The lowest BCUT2D eigenvalue weighted by Crippen LogP contribution is -2.32. The van der Waals surface area contributed by atoms with E-state index in [1.807, 2.05) is 0 Å². The van der Waals surface area contributed by atoms with Crippen molar-refractivity contribution in [1.82, 2.24) is 18.9 Å². The highest BCUT2D eigenvalue weighted by atomic mass is 32.2. The van der Waals surface area contributed by atoms with Crippen molar-refractivity contribution < 1.29 is 17.9 Å². The Kier molecular flexibility index (Phi) is 5.69. The maximum Gasteiger partial charge on any atom is 0.256 e. The van der Waals surface area contributed by atoms with E-state index in [2.05, 4.69) is 15.4 Å². The minimum atomic E-state index is -3.78. The predicted octanol–water partition coefficient (Wildman–Crippen LogP) is 2.55. The summed E-state index contributed by atoms with van der Waals surface area (Å²) in [6, 6.07) is 7.76. The van der Waals surface area contributed by atoms with Crippen LogP contribution in [0.2, 0.25) is 0 Å². The number of nitrogens with one attached hydrogen (secondary N) is 1. The number of carbonyl (C=O) groups is 1. The first-order valence-electron chi connectivity index (χ1n) is 9.79. The first-order valence-corrected chi connectivity index (χ1v) is 11.2. The highest BCUT2D eigenvalue weighted by molar-refractivity contribution is 7.89. The summed E-state index contributed by atoms with van der Waals surface area (Å²) in [6.07, 6.45) is 6.82. The molecule has 0 unspecified atom stereocenters. The standard InChI is InChI=1S/C20H23N5O4S/c1-29-16-7-6-15(14-17(16)30(27,28)24-12-4-2-3-5-13-24)20(26)23-19-8-10-21-18-9-11-22-25(18)19/h6-11,14H,2-5,12-13H2,1H3,(H,23,26). The molecule has 0 aliphatic carbocycles. The fourth-order valence-electron chi connectivity index (χ4n) is 3.56. The van der Waals surface area contributed by atoms with Crippen molar-refractivity contribution in [2.75, 3.05) is 25.5 Å². The number of nitrogens with zero attached hydrogens (tertiary/aromatic N) is 4. The number of rotatable bonds is 5. The largest absolute Gasteiger partial charge is 0.495 e. The number of aromatic nitrogens is 3. The van der Waals surface area contributed by atoms with Crippen LogP contribution in [0.15, 0.2) is 47.6 Å². The number of hydrogen-bond donors (Lipinski definition) is 1. The molecule has 158 valence electrons. The van der Waals surface area contributed by atoms with Gasteiger partial charge in [0.1, 0.15) is 16.5 Å². The Hall–Kier alpha value is -2.98. The van der Waals surface area contributed by atoms with Crippen LogP contribution < -0.4 is 10.1 Å². The van der Waals surface area contributed by atoms with Gasteiger partial charge in [-0.05, 0) is 37.1 Å². The maximum absolute atomic E-state index is 13.3. The number of benzene rings is 1. The lowest BCUT2D eigenvalue weighted by atomic mass is 10.2. The Morgan fingerprint density at radius 2 is 1.83 bits per heavy atom. The number of amides is 1. The molecule has 10 heteroatoms. The molecule has 0 spiro atoms. The molecule has 1 aliphatic heterocycles. The molecule has 4 rings (SSSR count). The number of hydrogen-bond acceptors (Lipinski definition) is 6. The second-order valence-corrected chi connectivity index (χ2v) is 8.98. The number of fused-ring (bicyclic) bond motifs is 1. The van der Waals surface area contributed by atoms with Gasteiger partial charge >= 0.3 is 0 Å². The smallest absolute Gasteiger partial charge is 0.256 e. The van der Waals surface area contributed by atoms with Gasteiger partial charge in [0.15, 0.2) is 5.65 Å². The second kappa shape index (κ2) is 8.41. The molecule has 9 nitrogen and oxygen atoms in total. The zero-order valence-corrected chi connectivity index (χ0v) is 17.4. The molecule has 1 fully saturated rings. The molecule has 3 aromatic rings. The Balaban J connectivity index is 1.66. The fraction of sp³-hybridized carbons (Fsp3) is 0.350. The molecule has 1 saturated heterocycles. The van der Waals surface area contributed by atoms with Gasteiger partial charge in [-0.3, -0.25) is 4.79 Å². The molecule has 0 radical (unpaired) electrons. The molecular weight excluding hydrogens is 406 g/mol. The third kappa shape index (κ3) is 3.88. The number of sulfonamides is 1. The number of carbonyl (C=O) groups excluding carboxylic acids is 1. The van der Waals surface area contributed by atoms with Crippen molar-refractivity contribution >= 4 is 27.4 Å². The Bertz CT molecular complexity index is 1170. The zero-order chi connectivity index (χ0) is 21.1. The highest BCUT2D eigenvalue weighted by Crippen LogP contribution is 2.29. The molecule has 2 aromatic heterocycles. The van der Waals surface area contributed by atoms with Gasteiger partial charge in [0.2, 0.25) is 10.0 Å². The lowest BCUT2D eigenvalue weighted by molar-refractivity contribution is 0.102. The van der Waals surface area contributed by atoms with E-state index < -0.39 is 15.9 Å². The van der Waals surface area contributed by atoms with E-state index >= 15 is 0 Å². The quantitative estimate of drug-likeness (QED) is 0.668. The van der Waals surface area contributed by atoms with Crippen molar-refractivity contribution in [3.63, 3.8) is 0 Å². The summed E-state index contributed by atoms with van der Waals surface area (Å²) in [5.74, 6) is 0.199. The van der Waals surface area contributed by atoms with Crippen molar-refractivity contribution in [1.29, 1.82) is 0 Å². The summed E-state index contributed by atoms with van der Waals surface area (Å²) in [7, 11) is -2.36. The Morgan fingerprint density at radius 1 is 1.07 bits per heavy atom. The van der Waals surface area contributed by atoms with Gasteiger partial charge in [-0.1, -0.05) is 12.8 Å². The monoisotopic (exact) mass is 429 g/mol. The first-order chi connectivity index (χ1) is 14.5. The van der Waals surface area contributed by atoms with E-state index in [9.17, 15) is 13.2 Å². The van der Waals surface area contributed by atoms with Crippen molar-refractivity contribution in [3.8, 4) is 5.75 Å². The van der Waals surface area contributed by atoms with E-state index in [0.29, 0.717) is 24.6 Å². The van der Waals surface area contributed by atoms with Gasteiger partial charge in [0.25, 0.3) is 5.91 Å². The molecule has 0 saturated carbocycles. The number of anilines is 1. The molecule has 1 aliphatic rings. The van der Waals surface area contributed by atoms with Crippen LogP contribution >= 0.6 is 0 Å². The van der Waals surface area contributed by atoms with Gasteiger partial charge in [-0.25, -0.2) is 13.4 Å².